The lowest BCUT2D eigenvalue weighted by Crippen LogP contribution is -2.39. The number of nitrogens with one attached hydrogen (secondary N) is 2. The fourth-order valence-corrected chi connectivity index (χ4v) is 2.94. The van der Waals surface area contributed by atoms with E-state index in [1.165, 1.54) is 18.8 Å². The standard InChI is InChI=1S/C18H15N3O4S/c1-20-18(24)21-16(22)11-25-17(23)13-7-3-5-9-15(13)26-14-8-4-2-6-12(14)10-19/h2-9H,11H2,1H3,(H2,20,21,22,24). The highest BCUT2D eigenvalue weighted by molar-refractivity contribution is 7.99. The fraction of sp³-hybridized carbons (Fsp3) is 0.111. The number of imide groups is 1. The van der Waals surface area contributed by atoms with Crippen molar-refractivity contribution in [3.05, 3.63) is 59.7 Å². The maximum atomic E-state index is 12.3. The van der Waals surface area contributed by atoms with Crippen LogP contribution in [-0.2, 0) is 9.53 Å². The van der Waals surface area contributed by atoms with Gasteiger partial charge in [0.25, 0.3) is 5.91 Å². The summed E-state index contributed by atoms with van der Waals surface area (Å²) in [6.45, 7) is -0.583. The van der Waals surface area contributed by atoms with Crippen LogP contribution in [0.5, 0.6) is 0 Å². The number of ether oxygens (including phenoxy) is 1. The van der Waals surface area contributed by atoms with Gasteiger partial charge in [-0.2, -0.15) is 5.26 Å². The average molecular weight is 369 g/mol. The molecular formula is C18H15N3O4S. The lowest BCUT2D eigenvalue weighted by molar-refractivity contribution is -0.123. The molecule has 0 aromatic heterocycles. The highest BCUT2D eigenvalue weighted by Gasteiger charge is 2.16. The molecule has 26 heavy (non-hydrogen) atoms. The smallest absolute Gasteiger partial charge is 0.339 e. The van der Waals surface area contributed by atoms with Crippen LogP contribution in [0.2, 0.25) is 0 Å². The molecule has 0 atom stereocenters. The number of amides is 3. The Labute approximate surface area is 154 Å². The number of hydrogen-bond acceptors (Lipinski definition) is 6. The summed E-state index contributed by atoms with van der Waals surface area (Å²) in [7, 11) is 1.36. The molecule has 0 aliphatic carbocycles. The van der Waals surface area contributed by atoms with E-state index in [2.05, 4.69) is 11.4 Å². The molecule has 0 spiro atoms. The molecule has 3 amide bonds. The lowest BCUT2D eigenvalue weighted by atomic mass is 10.2. The number of urea groups is 1. The van der Waals surface area contributed by atoms with Crippen LogP contribution in [0.25, 0.3) is 0 Å². The lowest BCUT2D eigenvalue weighted by Gasteiger charge is -2.10. The molecule has 8 heteroatoms. The Bertz CT molecular complexity index is 877. The first-order chi connectivity index (χ1) is 12.5. The van der Waals surface area contributed by atoms with Crippen LogP contribution in [0.1, 0.15) is 15.9 Å². The number of nitrogens with zero attached hydrogens (tertiary/aromatic N) is 1. The zero-order chi connectivity index (χ0) is 18.9. The Morgan fingerprint density at radius 2 is 1.73 bits per heavy atom. The van der Waals surface area contributed by atoms with Crippen molar-refractivity contribution in [3.63, 3.8) is 0 Å². The van der Waals surface area contributed by atoms with Crippen molar-refractivity contribution in [2.45, 2.75) is 9.79 Å². The number of esters is 1. The Hall–Kier alpha value is -3.31. The van der Waals surface area contributed by atoms with E-state index in [0.29, 0.717) is 15.4 Å². The monoisotopic (exact) mass is 369 g/mol. The molecule has 2 aromatic carbocycles. The third-order valence-corrected chi connectivity index (χ3v) is 4.30. The van der Waals surface area contributed by atoms with Crippen molar-refractivity contribution in [1.29, 1.82) is 5.26 Å². The first-order valence-electron chi connectivity index (χ1n) is 7.50. The second-order valence-electron chi connectivity index (χ2n) is 4.91. The quantitative estimate of drug-likeness (QED) is 0.783. The van der Waals surface area contributed by atoms with Gasteiger partial charge in [0.15, 0.2) is 6.61 Å². The van der Waals surface area contributed by atoms with E-state index in [-0.39, 0.29) is 5.56 Å². The van der Waals surface area contributed by atoms with E-state index in [1.807, 2.05) is 5.32 Å². The Morgan fingerprint density at radius 1 is 1.08 bits per heavy atom. The topological polar surface area (TPSA) is 108 Å². The SMILES string of the molecule is CNC(=O)NC(=O)COC(=O)c1ccccc1Sc1ccccc1C#N. The van der Waals surface area contributed by atoms with Crippen LogP contribution in [0.3, 0.4) is 0 Å². The largest absolute Gasteiger partial charge is 0.452 e. The second-order valence-corrected chi connectivity index (χ2v) is 5.99. The molecule has 0 aliphatic rings. The van der Waals surface area contributed by atoms with Crippen molar-refractivity contribution in [3.8, 4) is 6.07 Å². The molecule has 0 unspecified atom stereocenters. The number of carbonyl (C=O) groups excluding carboxylic acids is 3. The van der Waals surface area contributed by atoms with Gasteiger partial charge >= 0.3 is 12.0 Å². The first-order valence-corrected chi connectivity index (χ1v) is 8.31. The summed E-state index contributed by atoms with van der Waals surface area (Å²) in [6.07, 6.45) is 0. The first kappa shape index (κ1) is 19.0. The van der Waals surface area contributed by atoms with Crippen molar-refractivity contribution in [2.75, 3.05) is 13.7 Å². The van der Waals surface area contributed by atoms with Crippen LogP contribution < -0.4 is 10.6 Å². The summed E-state index contributed by atoms with van der Waals surface area (Å²) < 4.78 is 4.96. The van der Waals surface area contributed by atoms with Gasteiger partial charge in [0.05, 0.1) is 11.1 Å². The molecule has 0 bridgehead atoms. The molecule has 0 heterocycles. The molecule has 2 rings (SSSR count). The molecule has 7 nitrogen and oxygen atoms in total. The summed E-state index contributed by atoms with van der Waals surface area (Å²) in [5.74, 6) is -1.44. The Morgan fingerprint density at radius 3 is 2.42 bits per heavy atom. The molecule has 132 valence electrons. The van der Waals surface area contributed by atoms with Gasteiger partial charge in [-0.3, -0.25) is 10.1 Å². The van der Waals surface area contributed by atoms with Crippen LogP contribution in [0, 0.1) is 11.3 Å². The molecule has 2 aromatic rings. The van der Waals surface area contributed by atoms with E-state index < -0.39 is 24.5 Å². The summed E-state index contributed by atoms with van der Waals surface area (Å²) in [5, 5.41) is 13.4. The predicted octanol–water partition coefficient (Wildman–Crippen LogP) is 2.32. The average Bonchev–Trinajstić information content (AvgIpc) is 2.66. The van der Waals surface area contributed by atoms with Crippen molar-refractivity contribution >= 4 is 29.7 Å². The second kappa shape index (κ2) is 9.25. The van der Waals surface area contributed by atoms with Gasteiger partial charge in [-0.1, -0.05) is 36.0 Å². The third kappa shape index (κ3) is 5.09. The van der Waals surface area contributed by atoms with Gasteiger partial charge in [0, 0.05) is 16.8 Å². The normalized spacial score (nSPS) is 9.69. The summed E-state index contributed by atoms with van der Waals surface area (Å²) in [5.41, 5.74) is 0.753. The van der Waals surface area contributed by atoms with Crippen LogP contribution in [-0.4, -0.2) is 31.6 Å². The molecular weight excluding hydrogens is 354 g/mol. The van der Waals surface area contributed by atoms with E-state index >= 15 is 0 Å². The van der Waals surface area contributed by atoms with Crippen molar-refractivity contribution in [1.82, 2.24) is 10.6 Å². The van der Waals surface area contributed by atoms with Gasteiger partial charge in [-0.05, 0) is 24.3 Å². The zero-order valence-electron chi connectivity index (χ0n) is 13.8. The predicted molar refractivity (Wildman–Crippen MR) is 94.6 cm³/mol. The minimum absolute atomic E-state index is 0.262. The number of carbonyl (C=O) groups is 3. The van der Waals surface area contributed by atoms with E-state index in [9.17, 15) is 19.6 Å². The number of benzene rings is 2. The highest BCUT2D eigenvalue weighted by atomic mass is 32.2. The Balaban J connectivity index is 2.11. The fourth-order valence-electron chi connectivity index (χ4n) is 1.92. The summed E-state index contributed by atoms with van der Waals surface area (Å²) >= 11 is 1.25. The number of nitriles is 1. The minimum atomic E-state index is -0.738. The molecule has 0 saturated carbocycles. The molecule has 2 N–H and O–H groups in total. The van der Waals surface area contributed by atoms with E-state index in [1.54, 1.807) is 48.5 Å². The maximum absolute atomic E-state index is 12.3. The van der Waals surface area contributed by atoms with Crippen LogP contribution in [0.15, 0.2) is 58.3 Å². The van der Waals surface area contributed by atoms with E-state index in [4.69, 9.17) is 4.74 Å². The van der Waals surface area contributed by atoms with Gasteiger partial charge in [0.2, 0.25) is 0 Å². The Kier molecular flexibility index (Phi) is 6.76. The zero-order valence-corrected chi connectivity index (χ0v) is 14.6. The molecule has 0 radical (unpaired) electrons. The number of rotatable bonds is 5. The van der Waals surface area contributed by atoms with Gasteiger partial charge < -0.3 is 10.1 Å². The number of hydrogen-bond donors (Lipinski definition) is 2. The third-order valence-electron chi connectivity index (χ3n) is 3.15. The van der Waals surface area contributed by atoms with Crippen LogP contribution >= 0.6 is 11.8 Å². The van der Waals surface area contributed by atoms with Gasteiger partial charge in [-0.15, -0.1) is 0 Å². The van der Waals surface area contributed by atoms with Crippen molar-refractivity contribution in [2.24, 2.45) is 0 Å². The summed E-state index contributed by atoms with van der Waals surface area (Å²) in [6, 6.07) is 15.2. The van der Waals surface area contributed by atoms with Crippen molar-refractivity contribution < 1.29 is 19.1 Å². The maximum Gasteiger partial charge on any atom is 0.339 e. The van der Waals surface area contributed by atoms with Gasteiger partial charge in [0.1, 0.15) is 6.07 Å². The minimum Gasteiger partial charge on any atom is -0.452 e. The molecule has 0 aliphatic heterocycles. The summed E-state index contributed by atoms with van der Waals surface area (Å²) in [4.78, 5) is 36.1. The molecule has 0 fully saturated rings. The molecule has 0 saturated heterocycles. The van der Waals surface area contributed by atoms with Gasteiger partial charge in [-0.25, -0.2) is 9.59 Å². The van der Waals surface area contributed by atoms with E-state index in [0.717, 1.165) is 0 Å². The highest BCUT2D eigenvalue weighted by Crippen LogP contribution is 2.32. The van der Waals surface area contributed by atoms with Crippen LogP contribution in [0.4, 0.5) is 4.79 Å².